The largest absolute Gasteiger partial charge is 0.462 e. The molecule has 0 radical (unpaired) electrons. The summed E-state index contributed by atoms with van der Waals surface area (Å²) in [5.41, 5.74) is 0. The molecular weight excluding hydrogens is 805 g/mol. The highest BCUT2D eigenvalue weighted by atomic mass is 16.6. The maximum atomic E-state index is 12.8. The van der Waals surface area contributed by atoms with Gasteiger partial charge in [-0.25, -0.2) is 0 Å². The Labute approximate surface area is 403 Å². The first-order valence-corrected chi connectivity index (χ1v) is 28.1. The number of allylic oxidation sites excluding steroid dienone is 8. The van der Waals surface area contributed by atoms with Crippen molar-refractivity contribution < 1.29 is 28.6 Å². The Kier molecular flexibility index (Phi) is 51.8. The maximum absolute atomic E-state index is 12.8. The predicted molar refractivity (Wildman–Crippen MR) is 279 cm³/mol. The molecule has 0 rings (SSSR count). The quantitative estimate of drug-likeness (QED) is 0.0262. The fourth-order valence-corrected chi connectivity index (χ4v) is 8.10. The average Bonchev–Trinajstić information content (AvgIpc) is 3.30. The molecule has 0 bridgehead atoms. The van der Waals surface area contributed by atoms with Crippen LogP contribution in [0.1, 0.15) is 290 Å². The van der Waals surface area contributed by atoms with Crippen LogP contribution in [0, 0.1) is 0 Å². The molecule has 0 aromatic carbocycles. The van der Waals surface area contributed by atoms with Gasteiger partial charge in [0, 0.05) is 19.3 Å². The van der Waals surface area contributed by atoms with Crippen LogP contribution < -0.4 is 0 Å². The zero-order valence-electron chi connectivity index (χ0n) is 43.3. The van der Waals surface area contributed by atoms with Crippen molar-refractivity contribution in [3.05, 3.63) is 48.6 Å². The standard InChI is InChI=1S/C59H106O6/c1-4-7-10-13-16-19-22-25-27-28-29-30-32-35-38-41-44-47-50-53-59(62)65-56(54-63-57(60)51-48-45-42-39-36-33-24-21-18-15-12-9-6-3)55-64-58(61)52-49-46-43-40-37-34-31-26-23-20-17-14-11-8-5-2/h8,11,17,20,25-27,31,56H,4-7,9-10,12-16,18-19,21-24,28-30,32-55H2,1-3H3/b11-8-,20-17-,27-25-,31-26-/t56-/m0/s1. The zero-order valence-corrected chi connectivity index (χ0v) is 43.3. The van der Waals surface area contributed by atoms with Gasteiger partial charge in [-0.15, -0.1) is 0 Å². The van der Waals surface area contributed by atoms with Gasteiger partial charge in [0.25, 0.3) is 0 Å². The van der Waals surface area contributed by atoms with Crippen LogP contribution in [0.5, 0.6) is 0 Å². The summed E-state index contributed by atoms with van der Waals surface area (Å²) in [5, 5.41) is 0. The molecule has 0 aromatic heterocycles. The van der Waals surface area contributed by atoms with Crippen LogP contribution in [0.25, 0.3) is 0 Å². The summed E-state index contributed by atoms with van der Waals surface area (Å²) in [4.78, 5) is 38.1. The molecule has 0 heterocycles. The molecule has 65 heavy (non-hydrogen) atoms. The van der Waals surface area contributed by atoms with Crippen LogP contribution >= 0.6 is 0 Å². The predicted octanol–water partition coefficient (Wildman–Crippen LogP) is 18.7. The Morgan fingerprint density at radius 1 is 0.323 bits per heavy atom. The molecule has 0 saturated heterocycles. The van der Waals surface area contributed by atoms with Crippen LogP contribution in [0.15, 0.2) is 48.6 Å². The van der Waals surface area contributed by atoms with E-state index in [1.54, 1.807) is 0 Å². The Morgan fingerprint density at radius 3 is 0.954 bits per heavy atom. The van der Waals surface area contributed by atoms with Crippen molar-refractivity contribution in [3.8, 4) is 0 Å². The molecule has 0 N–H and O–H groups in total. The number of rotatable bonds is 51. The summed E-state index contributed by atoms with van der Waals surface area (Å²) in [6, 6.07) is 0. The van der Waals surface area contributed by atoms with Gasteiger partial charge in [-0.1, -0.05) is 243 Å². The van der Waals surface area contributed by atoms with E-state index in [1.165, 1.54) is 154 Å². The van der Waals surface area contributed by atoms with Crippen molar-refractivity contribution in [3.63, 3.8) is 0 Å². The van der Waals surface area contributed by atoms with E-state index in [2.05, 4.69) is 69.4 Å². The van der Waals surface area contributed by atoms with Gasteiger partial charge < -0.3 is 14.2 Å². The van der Waals surface area contributed by atoms with Gasteiger partial charge in [0.2, 0.25) is 0 Å². The van der Waals surface area contributed by atoms with E-state index in [0.29, 0.717) is 19.3 Å². The number of hydrogen-bond donors (Lipinski definition) is 0. The second-order valence-corrected chi connectivity index (χ2v) is 18.8. The van der Waals surface area contributed by atoms with Crippen molar-refractivity contribution in [1.29, 1.82) is 0 Å². The van der Waals surface area contributed by atoms with Crippen molar-refractivity contribution in [2.45, 2.75) is 297 Å². The summed E-state index contributed by atoms with van der Waals surface area (Å²) in [6.07, 6.45) is 65.2. The van der Waals surface area contributed by atoms with Crippen LogP contribution in [-0.2, 0) is 28.6 Å². The summed E-state index contributed by atoms with van der Waals surface area (Å²) in [6.45, 7) is 6.54. The van der Waals surface area contributed by atoms with Crippen LogP contribution in [-0.4, -0.2) is 37.2 Å². The molecule has 0 amide bonds. The lowest BCUT2D eigenvalue weighted by Crippen LogP contribution is -2.30. The highest BCUT2D eigenvalue weighted by molar-refractivity contribution is 5.71. The Hall–Kier alpha value is -2.63. The van der Waals surface area contributed by atoms with Crippen LogP contribution in [0.4, 0.5) is 0 Å². The van der Waals surface area contributed by atoms with Gasteiger partial charge in [-0.05, 0) is 77.0 Å². The molecule has 1 atom stereocenters. The van der Waals surface area contributed by atoms with Gasteiger partial charge in [-0.3, -0.25) is 14.4 Å². The van der Waals surface area contributed by atoms with E-state index < -0.39 is 6.10 Å². The lowest BCUT2D eigenvalue weighted by atomic mass is 10.0. The lowest BCUT2D eigenvalue weighted by Gasteiger charge is -2.18. The Balaban J connectivity index is 4.36. The molecule has 0 aromatic rings. The number of ether oxygens (including phenoxy) is 3. The SMILES string of the molecule is CC/C=C\C/C=C\C/C=C\CCCCCCCC(=O)OC[C@H](COC(=O)CCCCCCCCCCCCCCC)OC(=O)CCCCCCCCCCC/C=C\CCCCCCCC. The second kappa shape index (κ2) is 54.0. The summed E-state index contributed by atoms with van der Waals surface area (Å²) < 4.78 is 16.8. The van der Waals surface area contributed by atoms with Crippen molar-refractivity contribution >= 4 is 17.9 Å². The molecule has 0 aliphatic carbocycles. The second-order valence-electron chi connectivity index (χ2n) is 18.8. The fourth-order valence-electron chi connectivity index (χ4n) is 8.10. The summed E-state index contributed by atoms with van der Waals surface area (Å²) in [5.74, 6) is -0.884. The first kappa shape index (κ1) is 62.4. The number of hydrogen-bond acceptors (Lipinski definition) is 6. The maximum Gasteiger partial charge on any atom is 0.306 e. The third-order valence-electron chi connectivity index (χ3n) is 12.3. The van der Waals surface area contributed by atoms with Gasteiger partial charge in [-0.2, -0.15) is 0 Å². The molecule has 0 spiro atoms. The molecule has 6 heteroatoms. The molecule has 0 aliphatic heterocycles. The van der Waals surface area contributed by atoms with E-state index in [4.69, 9.17) is 14.2 Å². The molecule has 0 saturated carbocycles. The third kappa shape index (κ3) is 52.2. The molecule has 0 aliphatic rings. The topological polar surface area (TPSA) is 78.9 Å². The van der Waals surface area contributed by atoms with E-state index >= 15 is 0 Å². The monoisotopic (exact) mass is 911 g/mol. The highest BCUT2D eigenvalue weighted by Gasteiger charge is 2.19. The third-order valence-corrected chi connectivity index (χ3v) is 12.3. The first-order valence-electron chi connectivity index (χ1n) is 28.1. The van der Waals surface area contributed by atoms with E-state index in [-0.39, 0.29) is 31.1 Å². The smallest absolute Gasteiger partial charge is 0.306 e. The van der Waals surface area contributed by atoms with Crippen molar-refractivity contribution in [1.82, 2.24) is 0 Å². The van der Waals surface area contributed by atoms with Crippen molar-refractivity contribution in [2.24, 2.45) is 0 Å². The van der Waals surface area contributed by atoms with Gasteiger partial charge in [0.15, 0.2) is 6.10 Å². The van der Waals surface area contributed by atoms with Gasteiger partial charge in [0.05, 0.1) is 0 Å². The van der Waals surface area contributed by atoms with Crippen LogP contribution in [0.2, 0.25) is 0 Å². The summed E-state index contributed by atoms with van der Waals surface area (Å²) in [7, 11) is 0. The Morgan fingerprint density at radius 2 is 0.600 bits per heavy atom. The summed E-state index contributed by atoms with van der Waals surface area (Å²) >= 11 is 0. The molecule has 0 unspecified atom stereocenters. The minimum atomic E-state index is -0.778. The van der Waals surface area contributed by atoms with E-state index in [0.717, 1.165) is 96.3 Å². The fraction of sp³-hybridized carbons (Fsp3) is 0.814. The minimum Gasteiger partial charge on any atom is -0.462 e. The molecule has 378 valence electrons. The van der Waals surface area contributed by atoms with Crippen LogP contribution in [0.3, 0.4) is 0 Å². The Bertz CT molecular complexity index is 1140. The van der Waals surface area contributed by atoms with E-state index in [9.17, 15) is 14.4 Å². The van der Waals surface area contributed by atoms with E-state index in [1.807, 2.05) is 0 Å². The zero-order chi connectivity index (χ0) is 47.2. The normalized spacial score (nSPS) is 12.4. The highest BCUT2D eigenvalue weighted by Crippen LogP contribution is 2.16. The lowest BCUT2D eigenvalue weighted by molar-refractivity contribution is -0.167. The minimum absolute atomic E-state index is 0.0766. The molecule has 0 fully saturated rings. The number of esters is 3. The molecule has 6 nitrogen and oxygen atoms in total. The van der Waals surface area contributed by atoms with Gasteiger partial charge >= 0.3 is 17.9 Å². The number of carbonyl (C=O) groups is 3. The van der Waals surface area contributed by atoms with Crippen molar-refractivity contribution in [2.75, 3.05) is 13.2 Å². The van der Waals surface area contributed by atoms with Gasteiger partial charge in [0.1, 0.15) is 13.2 Å². The number of carbonyl (C=O) groups excluding carboxylic acids is 3. The molecular formula is C59H106O6. The number of unbranched alkanes of at least 4 members (excludes halogenated alkanes) is 32. The average molecular weight is 911 g/mol. The first-order chi connectivity index (χ1) is 32.0.